The van der Waals surface area contributed by atoms with Crippen LogP contribution in [0.25, 0.3) is 0 Å². The maximum Gasteiger partial charge on any atom is 0.323 e. The second kappa shape index (κ2) is 7.88. The highest BCUT2D eigenvalue weighted by atomic mass is 32.2. The van der Waals surface area contributed by atoms with E-state index in [1.54, 1.807) is 28.0 Å². The molecule has 0 radical (unpaired) electrons. The third-order valence-corrected chi connectivity index (χ3v) is 5.66. The van der Waals surface area contributed by atoms with Crippen LogP contribution in [0.5, 0.6) is 0 Å². The lowest BCUT2D eigenvalue weighted by atomic mass is 10.2. The second-order valence-corrected chi connectivity index (χ2v) is 7.92. The summed E-state index contributed by atoms with van der Waals surface area (Å²) in [5, 5.41) is 8.66. The minimum Gasteiger partial charge on any atom is -0.349 e. The molecular formula is C17H20N4O2S2. The van der Waals surface area contributed by atoms with E-state index in [1.807, 2.05) is 43.5 Å². The molecule has 0 spiro atoms. The molecule has 1 saturated heterocycles. The van der Waals surface area contributed by atoms with E-state index in [2.05, 4.69) is 15.6 Å². The first kappa shape index (κ1) is 17.8. The van der Waals surface area contributed by atoms with Crippen molar-refractivity contribution in [1.29, 1.82) is 0 Å². The molecule has 1 fully saturated rings. The van der Waals surface area contributed by atoms with Gasteiger partial charge in [-0.3, -0.25) is 4.79 Å². The molecular weight excluding hydrogens is 356 g/mol. The summed E-state index contributed by atoms with van der Waals surface area (Å²) in [5.74, 6) is 0.962. The maximum absolute atomic E-state index is 12.5. The normalized spacial score (nSPS) is 16.7. The summed E-state index contributed by atoms with van der Waals surface area (Å²) >= 11 is 3.13. The molecule has 0 unspecified atom stereocenters. The molecule has 2 aromatic rings. The average Bonchev–Trinajstić information content (AvgIpc) is 3.21. The third kappa shape index (κ3) is 4.52. The summed E-state index contributed by atoms with van der Waals surface area (Å²) in [6.07, 6.45) is 0. The molecule has 132 valence electrons. The smallest absolute Gasteiger partial charge is 0.323 e. The number of rotatable bonds is 4. The number of amides is 3. The SMILES string of the molecule is Cc1cccc(NC(=O)N2CSC[C@@H]2C(=O)NCc2csc(C)n2)c1. The Morgan fingerprint density at radius 2 is 2.20 bits per heavy atom. The van der Waals surface area contributed by atoms with Crippen molar-refractivity contribution in [2.45, 2.75) is 26.4 Å². The summed E-state index contributed by atoms with van der Waals surface area (Å²) in [6.45, 7) is 4.29. The highest BCUT2D eigenvalue weighted by Crippen LogP contribution is 2.22. The molecule has 8 heteroatoms. The predicted octanol–water partition coefficient (Wildman–Crippen LogP) is 2.98. The molecule has 3 rings (SSSR count). The van der Waals surface area contributed by atoms with E-state index in [0.717, 1.165) is 22.0 Å². The van der Waals surface area contributed by atoms with Crippen molar-refractivity contribution < 1.29 is 9.59 Å². The van der Waals surface area contributed by atoms with Crippen LogP contribution in [-0.4, -0.2) is 39.5 Å². The average molecular weight is 377 g/mol. The molecule has 2 N–H and O–H groups in total. The highest BCUT2D eigenvalue weighted by Gasteiger charge is 2.34. The number of aromatic nitrogens is 1. The number of thiazole rings is 1. The van der Waals surface area contributed by atoms with Crippen LogP contribution in [0, 0.1) is 13.8 Å². The van der Waals surface area contributed by atoms with Crippen LogP contribution < -0.4 is 10.6 Å². The van der Waals surface area contributed by atoms with E-state index in [1.165, 1.54) is 0 Å². The first-order valence-electron chi connectivity index (χ1n) is 7.93. The zero-order chi connectivity index (χ0) is 17.8. The van der Waals surface area contributed by atoms with Crippen LogP contribution in [0.15, 0.2) is 29.6 Å². The van der Waals surface area contributed by atoms with Gasteiger partial charge in [0.2, 0.25) is 5.91 Å². The third-order valence-electron chi connectivity index (χ3n) is 3.83. The van der Waals surface area contributed by atoms with Gasteiger partial charge in [-0.2, -0.15) is 0 Å². The quantitative estimate of drug-likeness (QED) is 0.860. The predicted molar refractivity (Wildman–Crippen MR) is 102 cm³/mol. The Morgan fingerprint density at radius 1 is 1.36 bits per heavy atom. The van der Waals surface area contributed by atoms with Gasteiger partial charge in [-0.25, -0.2) is 9.78 Å². The lowest BCUT2D eigenvalue weighted by Gasteiger charge is -2.23. The number of hydrogen-bond donors (Lipinski definition) is 2. The van der Waals surface area contributed by atoms with Crippen LogP contribution in [0.1, 0.15) is 16.3 Å². The molecule has 1 aliphatic heterocycles. The van der Waals surface area contributed by atoms with Gasteiger partial charge in [-0.15, -0.1) is 23.1 Å². The summed E-state index contributed by atoms with van der Waals surface area (Å²) < 4.78 is 0. The number of carbonyl (C=O) groups excluding carboxylic acids is 2. The van der Waals surface area contributed by atoms with Gasteiger partial charge >= 0.3 is 6.03 Å². The molecule has 6 nitrogen and oxygen atoms in total. The molecule has 3 amide bonds. The number of urea groups is 1. The zero-order valence-electron chi connectivity index (χ0n) is 14.1. The number of benzene rings is 1. The molecule has 25 heavy (non-hydrogen) atoms. The Morgan fingerprint density at radius 3 is 2.92 bits per heavy atom. The van der Waals surface area contributed by atoms with Gasteiger partial charge in [-0.05, 0) is 31.5 Å². The van der Waals surface area contributed by atoms with Crippen molar-refractivity contribution in [1.82, 2.24) is 15.2 Å². The Bertz CT molecular complexity index is 778. The lowest BCUT2D eigenvalue weighted by Crippen LogP contribution is -2.48. The number of anilines is 1. The van der Waals surface area contributed by atoms with Gasteiger partial charge in [0.25, 0.3) is 0 Å². The van der Waals surface area contributed by atoms with Gasteiger partial charge in [0.15, 0.2) is 0 Å². The largest absolute Gasteiger partial charge is 0.349 e. The minimum absolute atomic E-state index is 0.143. The summed E-state index contributed by atoms with van der Waals surface area (Å²) in [7, 11) is 0. The molecule has 0 bridgehead atoms. The van der Waals surface area contributed by atoms with E-state index in [0.29, 0.717) is 18.2 Å². The van der Waals surface area contributed by atoms with Crippen molar-refractivity contribution in [2.24, 2.45) is 0 Å². The summed E-state index contributed by atoms with van der Waals surface area (Å²) in [6, 6.07) is 6.89. The first-order chi connectivity index (χ1) is 12.0. The number of thioether (sulfide) groups is 1. The van der Waals surface area contributed by atoms with Crippen LogP contribution in [0.2, 0.25) is 0 Å². The standard InChI is InChI=1S/C17H20N4O2S2/c1-11-4-3-5-13(6-11)20-17(23)21-10-24-9-15(21)16(22)18-7-14-8-25-12(2)19-14/h3-6,8,15H,7,9-10H2,1-2H3,(H,18,22)(H,20,23)/t15-/m1/s1. The number of hydrogen-bond acceptors (Lipinski definition) is 5. The fourth-order valence-corrected chi connectivity index (χ4v) is 4.33. The second-order valence-electron chi connectivity index (χ2n) is 5.86. The Balaban J connectivity index is 1.59. The van der Waals surface area contributed by atoms with Crippen LogP contribution in [0.4, 0.5) is 10.5 Å². The van der Waals surface area contributed by atoms with Crippen LogP contribution in [-0.2, 0) is 11.3 Å². The Hall–Kier alpha value is -2.06. The summed E-state index contributed by atoms with van der Waals surface area (Å²) in [4.78, 5) is 30.9. The number of nitrogens with one attached hydrogen (secondary N) is 2. The van der Waals surface area contributed by atoms with Crippen molar-refractivity contribution in [3.05, 3.63) is 45.9 Å². The number of carbonyl (C=O) groups is 2. The minimum atomic E-state index is -0.463. The zero-order valence-corrected chi connectivity index (χ0v) is 15.7. The van der Waals surface area contributed by atoms with Crippen molar-refractivity contribution >= 4 is 40.7 Å². The van der Waals surface area contributed by atoms with E-state index in [9.17, 15) is 9.59 Å². The highest BCUT2D eigenvalue weighted by molar-refractivity contribution is 7.99. The summed E-state index contributed by atoms with van der Waals surface area (Å²) in [5.41, 5.74) is 2.65. The van der Waals surface area contributed by atoms with E-state index < -0.39 is 6.04 Å². The van der Waals surface area contributed by atoms with E-state index in [-0.39, 0.29) is 11.9 Å². The molecule has 0 aliphatic carbocycles. The fourth-order valence-electron chi connectivity index (χ4n) is 2.56. The fraction of sp³-hybridized carbons (Fsp3) is 0.353. The maximum atomic E-state index is 12.5. The lowest BCUT2D eigenvalue weighted by molar-refractivity contribution is -0.124. The van der Waals surface area contributed by atoms with Gasteiger partial charge in [-0.1, -0.05) is 12.1 Å². The number of aryl methyl sites for hydroxylation is 2. The number of nitrogens with zero attached hydrogens (tertiary/aromatic N) is 2. The topological polar surface area (TPSA) is 74.3 Å². The monoisotopic (exact) mass is 376 g/mol. The Kier molecular flexibility index (Phi) is 5.60. The Labute approximate surface area is 155 Å². The van der Waals surface area contributed by atoms with Crippen LogP contribution in [0.3, 0.4) is 0 Å². The molecule has 0 saturated carbocycles. The molecule has 1 aromatic carbocycles. The van der Waals surface area contributed by atoms with Crippen molar-refractivity contribution in [3.8, 4) is 0 Å². The van der Waals surface area contributed by atoms with Gasteiger partial charge < -0.3 is 15.5 Å². The van der Waals surface area contributed by atoms with E-state index in [4.69, 9.17) is 0 Å². The van der Waals surface area contributed by atoms with Crippen molar-refractivity contribution in [3.63, 3.8) is 0 Å². The van der Waals surface area contributed by atoms with Gasteiger partial charge in [0.05, 0.1) is 23.1 Å². The molecule has 1 aromatic heterocycles. The van der Waals surface area contributed by atoms with Crippen LogP contribution >= 0.6 is 23.1 Å². The molecule has 2 heterocycles. The molecule has 1 atom stereocenters. The van der Waals surface area contributed by atoms with Crippen molar-refractivity contribution in [2.75, 3.05) is 16.9 Å². The van der Waals surface area contributed by atoms with Gasteiger partial charge in [0, 0.05) is 16.8 Å². The van der Waals surface area contributed by atoms with E-state index >= 15 is 0 Å². The first-order valence-corrected chi connectivity index (χ1v) is 9.97. The molecule has 1 aliphatic rings. The van der Waals surface area contributed by atoms with Gasteiger partial charge in [0.1, 0.15) is 6.04 Å².